The number of ether oxygens (including phenoxy) is 4. The molecule has 0 aromatic heterocycles. The Bertz CT molecular complexity index is 1450. The van der Waals surface area contributed by atoms with Gasteiger partial charge in [0.25, 0.3) is 0 Å². The van der Waals surface area contributed by atoms with Crippen molar-refractivity contribution >= 4 is 5.91 Å². The van der Waals surface area contributed by atoms with E-state index in [-0.39, 0.29) is 18.9 Å². The number of carbonyl (C=O) groups excluding carboxylic acids is 1. The predicted molar refractivity (Wildman–Crippen MR) is 290 cm³/mol. The number of carbonyl (C=O) groups is 1. The van der Waals surface area contributed by atoms with Crippen molar-refractivity contribution in [3.63, 3.8) is 0 Å². The lowest BCUT2D eigenvalue weighted by atomic mass is 9.97. The topological polar surface area (TPSA) is 228 Å². The Hall–Kier alpha value is -2.31. The lowest BCUT2D eigenvalue weighted by molar-refractivity contribution is -0.359. The molecule has 2 saturated heterocycles. The molecule has 0 radical (unpaired) electrons. The molecule has 424 valence electrons. The third kappa shape index (κ3) is 30.9. The summed E-state index contributed by atoms with van der Waals surface area (Å²) >= 11 is 0. The van der Waals surface area contributed by atoms with Crippen LogP contribution in [0.5, 0.6) is 0 Å². The largest absolute Gasteiger partial charge is 0.394 e. The number of aliphatic hydroxyl groups excluding tert-OH is 8. The molecule has 0 aromatic carbocycles. The second-order valence-corrected chi connectivity index (χ2v) is 20.4. The van der Waals surface area contributed by atoms with E-state index in [9.17, 15) is 45.6 Å². The van der Waals surface area contributed by atoms with E-state index < -0.39 is 86.8 Å². The van der Waals surface area contributed by atoms with Gasteiger partial charge in [0, 0.05) is 6.42 Å². The zero-order chi connectivity index (χ0) is 53.2. The van der Waals surface area contributed by atoms with Crippen LogP contribution in [0.3, 0.4) is 0 Å². The second-order valence-electron chi connectivity index (χ2n) is 20.4. The Kier molecular flexibility index (Phi) is 41.0. The van der Waals surface area contributed by atoms with E-state index in [4.69, 9.17) is 18.9 Å². The fourth-order valence-electron chi connectivity index (χ4n) is 9.18. The molecule has 12 atom stereocenters. The Labute approximate surface area is 441 Å². The fourth-order valence-corrected chi connectivity index (χ4v) is 9.18. The van der Waals surface area contributed by atoms with Crippen LogP contribution in [0.4, 0.5) is 0 Å². The number of aliphatic hydroxyl groups is 8. The molecule has 2 heterocycles. The van der Waals surface area contributed by atoms with Crippen LogP contribution in [0.25, 0.3) is 0 Å². The van der Waals surface area contributed by atoms with E-state index in [1.165, 1.54) is 109 Å². The molecule has 0 saturated carbocycles. The number of allylic oxidation sites excluding steroid dienone is 9. The van der Waals surface area contributed by atoms with Gasteiger partial charge < -0.3 is 65.1 Å². The molecule has 9 N–H and O–H groups in total. The van der Waals surface area contributed by atoms with Crippen molar-refractivity contribution in [3.8, 4) is 0 Å². The van der Waals surface area contributed by atoms with Gasteiger partial charge in [-0.1, -0.05) is 190 Å². The summed E-state index contributed by atoms with van der Waals surface area (Å²) in [4.78, 5) is 13.2. The predicted octanol–water partition coefficient (Wildman–Crippen LogP) is 9.39. The minimum Gasteiger partial charge on any atom is -0.394 e. The van der Waals surface area contributed by atoms with Gasteiger partial charge >= 0.3 is 0 Å². The first kappa shape index (κ1) is 66.8. The van der Waals surface area contributed by atoms with Gasteiger partial charge in [-0.05, 0) is 77.0 Å². The van der Waals surface area contributed by atoms with Gasteiger partial charge in [0.2, 0.25) is 5.91 Å². The number of rotatable bonds is 45. The minimum absolute atomic E-state index is 0.252. The van der Waals surface area contributed by atoms with Gasteiger partial charge in [0.15, 0.2) is 12.6 Å². The number of hydrogen-bond donors (Lipinski definition) is 9. The quantitative estimate of drug-likeness (QED) is 0.0205. The smallest absolute Gasteiger partial charge is 0.220 e. The molecule has 0 aliphatic carbocycles. The molecule has 2 fully saturated rings. The van der Waals surface area contributed by atoms with Crippen LogP contribution in [0.2, 0.25) is 0 Å². The van der Waals surface area contributed by atoms with Crippen molar-refractivity contribution in [2.75, 3.05) is 19.8 Å². The summed E-state index contributed by atoms with van der Waals surface area (Å²) in [5.74, 6) is -0.269. The Morgan fingerprint density at radius 2 is 0.918 bits per heavy atom. The molecule has 12 unspecified atom stereocenters. The van der Waals surface area contributed by atoms with E-state index in [0.717, 1.165) is 70.6 Å². The Morgan fingerprint density at radius 1 is 0.493 bits per heavy atom. The SMILES string of the molecule is CCCCC/C=C\C/C=C\CCCCCCCC(=O)NC(COC1OC(CO)C(OC2OC(CO)C(O)C(O)C2O)C(O)C1O)C(O)/C=C/CC/C=C/CC/C=C/CCCCCCCCCCCCCCCC. The van der Waals surface area contributed by atoms with Crippen molar-refractivity contribution in [3.05, 3.63) is 60.8 Å². The number of amides is 1. The Morgan fingerprint density at radius 3 is 1.45 bits per heavy atom. The maximum absolute atomic E-state index is 13.2. The van der Waals surface area contributed by atoms with Crippen LogP contribution in [0, 0.1) is 0 Å². The molecule has 0 bridgehead atoms. The van der Waals surface area contributed by atoms with Gasteiger partial charge in [-0.2, -0.15) is 0 Å². The van der Waals surface area contributed by atoms with E-state index in [0.29, 0.717) is 12.8 Å². The molecule has 73 heavy (non-hydrogen) atoms. The number of hydrogen-bond acceptors (Lipinski definition) is 13. The molecule has 2 rings (SSSR count). The van der Waals surface area contributed by atoms with Crippen molar-refractivity contribution in [2.24, 2.45) is 0 Å². The lowest BCUT2D eigenvalue weighted by Gasteiger charge is -2.46. The van der Waals surface area contributed by atoms with E-state index in [1.54, 1.807) is 6.08 Å². The summed E-state index contributed by atoms with van der Waals surface area (Å²) in [6, 6.07) is -0.947. The highest BCUT2D eigenvalue weighted by Crippen LogP contribution is 2.30. The molecule has 14 heteroatoms. The van der Waals surface area contributed by atoms with Crippen LogP contribution in [0.15, 0.2) is 60.8 Å². The van der Waals surface area contributed by atoms with Gasteiger partial charge in [-0.25, -0.2) is 0 Å². The van der Waals surface area contributed by atoms with Gasteiger partial charge in [0.1, 0.15) is 48.8 Å². The lowest BCUT2D eigenvalue weighted by Crippen LogP contribution is -2.65. The zero-order valence-electron chi connectivity index (χ0n) is 45.4. The standard InChI is InChI=1S/C59H105NO13/c1-3-5-7-9-11-13-15-17-19-20-21-22-23-24-25-26-27-29-30-32-34-36-38-40-42-48(63)47(60-51(64)43-41-39-37-35-33-31-28-18-16-14-12-10-8-6-4-2)46-70-58-56(69)54(67)57(50(45-62)72-58)73-59-55(68)53(66)52(65)49(44-61)71-59/h12,14,18,26-28,32,34,40,42,47-50,52-59,61-63,65-69H,3-11,13,15-17,19-25,29-31,33,35-39,41,43-46H2,1-2H3,(H,60,64)/b14-12-,27-26+,28-18-,34-32+,42-40+. The van der Waals surface area contributed by atoms with Crippen molar-refractivity contribution in [1.29, 1.82) is 0 Å². The molecular formula is C59H105NO13. The maximum Gasteiger partial charge on any atom is 0.220 e. The van der Waals surface area contributed by atoms with Gasteiger partial charge in [-0.15, -0.1) is 0 Å². The summed E-state index contributed by atoms with van der Waals surface area (Å²) in [6.45, 7) is 2.73. The Balaban J connectivity index is 1.81. The van der Waals surface area contributed by atoms with Crippen LogP contribution < -0.4 is 5.32 Å². The molecule has 2 aliphatic heterocycles. The van der Waals surface area contributed by atoms with Crippen LogP contribution >= 0.6 is 0 Å². The number of nitrogens with one attached hydrogen (secondary N) is 1. The summed E-state index contributed by atoms with van der Waals surface area (Å²) in [5, 5.41) is 86.9. The fraction of sp³-hybridized carbons (Fsp3) is 0.814. The monoisotopic (exact) mass is 1040 g/mol. The van der Waals surface area contributed by atoms with Crippen molar-refractivity contribution in [2.45, 2.75) is 286 Å². The molecular weight excluding hydrogens is 931 g/mol. The average molecular weight is 1040 g/mol. The third-order valence-electron chi connectivity index (χ3n) is 13.9. The molecule has 0 aromatic rings. The van der Waals surface area contributed by atoms with Crippen LogP contribution in [0.1, 0.15) is 213 Å². The number of unbranched alkanes of at least 4 members (excludes halogenated alkanes) is 24. The summed E-state index contributed by atoms with van der Waals surface area (Å²) in [5.41, 5.74) is 0. The highest BCUT2D eigenvalue weighted by Gasteiger charge is 2.51. The summed E-state index contributed by atoms with van der Waals surface area (Å²) in [6.07, 6.45) is 39.8. The molecule has 2 aliphatic rings. The van der Waals surface area contributed by atoms with E-state index in [1.807, 2.05) is 6.08 Å². The normalized spacial score (nSPS) is 25.8. The van der Waals surface area contributed by atoms with Crippen molar-refractivity contribution in [1.82, 2.24) is 5.32 Å². The first-order valence-corrected chi connectivity index (χ1v) is 29.0. The molecule has 1 amide bonds. The first-order valence-electron chi connectivity index (χ1n) is 29.0. The molecule has 14 nitrogen and oxygen atoms in total. The minimum atomic E-state index is -1.80. The maximum atomic E-state index is 13.2. The second kappa shape index (κ2) is 44.8. The van der Waals surface area contributed by atoms with Crippen molar-refractivity contribution < 1.29 is 64.6 Å². The average Bonchev–Trinajstić information content (AvgIpc) is 3.39. The van der Waals surface area contributed by atoms with Crippen LogP contribution in [-0.4, -0.2) is 140 Å². The van der Waals surface area contributed by atoms with E-state index >= 15 is 0 Å². The molecule has 0 spiro atoms. The highest BCUT2D eigenvalue weighted by molar-refractivity contribution is 5.76. The summed E-state index contributed by atoms with van der Waals surface area (Å²) < 4.78 is 22.7. The summed E-state index contributed by atoms with van der Waals surface area (Å²) in [7, 11) is 0. The van der Waals surface area contributed by atoms with Gasteiger partial charge in [0.05, 0.1) is 32.0 Å². The van der Waals surface area contributed by atoms with Crippen LogP contribution in [-0.2, 0) is 23.7 Å². The third-order valence-corrected chi connectivity index (χ3v) is 13.9. The first-order chi connectivity index (χ1) is 35.6. The highest BCUT2D eigenvalue weighted by atomic mass is 16.7. The van der Waals surface area contributed by atoms with Gasteiger partial charge in [-0.3, -0.25) is 4.79 Å². The zero-order valence-corrected chi connectivity index (χ0v) is 45.4. The van der Waals surface area contributed by atoms with E-state index in [2.05, 4.69) is 67.8 Å².